The predicted octanol–water partition coefficient (Wildman–Crippen LogP) is 3.21. The summed E-state index contributed by atoms with van der Waals surface area (Å²) in [5.74, 6) is -0.155. The van der Waals surface area contributed by atoms with E-state index in [9.17, 15) is 9.50 Å². The Morgan fingerprint density at radius 3 is 2.55 bits per heavy atom. The number of rotatable bonds is 4. The van der Waals surface area contributed by atoms with E-state index < -0.39 is 0 Å². The summed E-state index contributed by atoms with van der Waals surface area (Å²) in [6, 6.07) is 6.06. The van der Waals surface area contributed by atoms with Gasteiger partial charge in [0.25, 0.3) is 0 Å². The maximum absolute atomic E-state index is 14.1. The molecule has 1 aliphatic carbocycles. The molecule has 0 unspecified atom stereocenters. The van der Waals surface area contributed by atoms with Crippen molar-refractivity contribution in [3.05, 3.63) is 29.6 Å². The topological polar surface area (TPSA) is 35.5 Å². The van der Waals surface area contributed by atoms with Crippen molar-refractivity contribution in [3.8, 4) is 0 Å². The van der Waals surface area contributed by atoms with E-state index in [0.29, 0.717) is 11.7 Å². The van der Waals surface area contributed by atoms with Crippen molar-refractivity contribution in [2.45, 2.75) is 63.6 Å². The highest BCUT2D eigenvalue weighted by Crippen LogP contribution is 2.25. The molecule has 122 valence electrons. The van der Waals surface area contributed by atoms with Crippen LogP contribution >= 0.6 is 0 Å². The Kier molecular flexibility index (Phi) is 5.32. The first-order valence-corrected chi connectivity index (χ1v) is 8.67. The molecule has 2 N–H and O–H groups in total. The third-order valence-electron chi connectivity index (χ3n) is 5.02. The minimum absolute atomic E-state index is 0.155. The van der Waals surface area contributed by atoms with Gasteiger partial charge >= 0.3 is 0 Å². The molecule has 0 aromatic heterocycles. The molecule has 22 heavy (non-hydrogen) atoms. The maximum Gasteiger partial charge on any atom is 0.146 e. The fourth-order valence-corrected chi connectivity index (χ4v) is 3.59. The van der Waals surface area contributed by atoms with Gasteiger partial charge in [-0.05, 0) is 43.4 Å². The summed E-state index contributed by atoms with van der Waals surface area (Å²) >= 11 is 0. The van der Waals surface area contributed by atoms with Gasteiger partial charge in [0.05, 0.1) is 11.8 Å². The van der Waals surface area contributed by atoms with Gasteiger partial charge in [0.1, 0.15) is 5.82 Å². The van der Waals surface area contributed by atoms with E-state index in [0.717, 1.165) is 38.0 Å². The van der Waals surface area contributed by atoms with Crippen molar-refractivity contribution >= 4 is 5.69 Å². The monoisotopic (exact) mass is 306 g/mol. The Morgan fingerprint density at radius 2 is 1.82 bits per heavy atom. The van der Waals surface area contributed by atoms with Gasteiger partial charge in [-0.3, -0.25) is 0 Å². The number of halogens is 1. The van der Waals surface area contributed by atoms with Crippen LogP contribution in [0.1, 0.15) is 50.5 Å². The van der Waals surface area contributed by atoms with Crippen molar-refractivity contribution in [1.82, 2.24) is 5.32 Å². The van der Waals surface area contributed by atoms with E-state index >= 15 is 0 Å². The van der Waals surface area contributed by atoms with Crippen LogP contribution in [0.25, 0.3) is 0 Å². The number of aliphatic hydroxyl groups excluding tert-OH is 1. The molecular formula is C18H27FN2O. The Labute approximate surface area is 132 Å². The summed E-state index contributed by atoms with van der Waals surface area (Å²) in [5.41, 5.74) is 1.84. The molecule has 0 spiro atoms. The third-order valence-corrected chi connectivity index (χ3v) is 5.02. The minimum atomic E-state index is -0.226. The lowest BCUT2D eigenvalue weighted by molar-refractivity contribution is 0.145. The largest absolute Gasteiger partial charge is 0.393 e. The fourth-order valence-electron chi connectivity index (χ4n) is 3.59. The summed E-state index contributed by atoms with van der Waals surface area (Å²) < 4.78 is 14.1. The van der Waals surface area contributed by atoms with Crippen LogP contribution in [0.3, 0.4) is 0 Å². The van der Waals surface area contributed by atoms with E-state index in [-0.39, 0.29) is 11.9 Å². The van der Waals surface area contributed by atoms with Crippen molar-refractivity contribution in [1.29, 1.82) is 0 Å². The van der Waals surface area contributed by atoms with Crippen molar-refractivity contribution in [2.75, 3.05) is 18.0 Å². The van der Waals surface area contributed by atoms with Crippen LogP contribution in [-0.4, -0.2) is 30.3 Å². The van der Waals surface area contributed by atoms with Gasteiger partial charge in [-0.2, -0.15) is 0 Å². The molecule has 1 saturated carbocycles. The molecule has 0 amide bonds. The molecule has 0 bridgehead atoms. The summed E-state index contributed by atoms with van der Waals surface area (Å²) in [5, 5.41) is 13.2. The van der Waals surface area contributed by atoms with Gasteiger partial charge in [0.15, 0.2) is 0 Å². The van der Waals surface area contributed by atoms with Gasteiger partial charge in [0, 0.05) is 25.7 Å². The Bertz CT molecular complexity index is 480. The zero-order valence-corrected chi connectivity index (χ0v) is 13.2. The normalized spacial score (nSPS) is 21.3. The quantitative estimate of drug-likeness (QED) is 0.896. The van der Waals surface area contributed by atoms with Gasteiger partial charge in [-0.25, -0.2) is 4.39 Å². The van der Waals surface area contributed by atoms with Gasteiger partial charge in [0.2, 0.25) is 0 Å². The molecule has 1 aromatic rings. The maximum atomic E-state index is 14.1. The second-order valence-electron chi connectivity index (χ2n) is 6.72. The second-order valence-corrected chi connectivity index (χ2v) is 6.72. The number of hydrogen-bond acceptors (Lipinski definition) is 3. The lowest BCUT2D eigenvalue weighted by atomic mass is 9.95. The van der Waals surface area contributed by atoms with Crippen molar-refractivity contribution in [2.24, 2.45) is 0 Å². The first kappa shape index (κ1) is 15.8. The second kappa shape index (κ2) is 7.42. The van der Waals surface area contributed by atoms with Crippen molar-refractivity contribution in [3.63, 3.8) is 0 Å². The number of benzene rings is 1. The molecule has 0 radical (unpaired) electrons. The van der Waals surface area contributed by atoms with E-state index in [1.54, 1.807) is 6.07 Å². The highest BCUT2D eigenvalue weighted by atomic mass is 19.1. The fraction of sp³-hybridized carbons (Fsp3) is 0.667. The molecule has 4 heteroatoms. The lowest BCUT2D eigenvalue weighted by Crippen LogP contribution is -2.36. The van der Waals surface area contributed by atoms with Crippen LogP contribution < -0.4 is 10.2 Å². The van der Waals surface area contributed by atoms with Crippen molar-refractivity contribution < 1.29 is 9.50 Å². The third kappa shape index (κ3) is 3.99. The highest BCUT2D eigenvalue weighted by molar-refractivity contribution is 5.50. The van der Waals surface area contributed by atoms with E-state index in [1.165, 1.54) is 32.1 Å². The van der Waals surface area contributed by atoms with Crippen LogP contribution in [0.5, 0.6) is 0 Å². The molecule has 1 heterocycles. The molecule has 2 aliphatic rings. The molecular weight excluding hydrogens is 279 g/mol. The summed E-state index contributed by atoms with van der Waals surface area (Å²) in [6.07, 6.45) is 7.75. The molecule has 2 fully saturated rings. The van der Waals surface area contributed by atoms with E-state index in [2.05, 4.69) is 10.2 Å². The van der Waals surface area contributed by atoms with Crippen LogP contribution in [0, 0.1) is 5.82 Å². The number of anilines is 1. The predicted molar refractivity (Wildman–Crippen MR) is 87.6 cm³/mol. The lowest BCUT2D eigenvalue weighted by Gasteiger charge is -2.32. The Morgan fingerprint density at radius 1 is 1.09 bits per heavy atom. The number of piperidine rings is 1. The Hall–Kier alpha value is -1.13. The standard InChI is InChI=1S/C18H27FN2O/c19-17-7-6-14(13-20-15-4-2-1-3-5-15)12-18(17)21-10-8-16(22)9-11-21/h6-7,12,15-16,20,22H,1-5,8-11,13H2. The van der Waals surface area contributed by atoms with E-state index in [4.69, 9.17) is 0 Å². The van der Waals surface area contributed by atoms with Gasteiger partial charge < -0.3 is 15.3 Å². The highest BCUT2D eigenvalue weighted by Gasteiger charge is 2.20. The first-order valence-electron chi connectivity index (χ1n) is 8.67. The van der Waals surface area contributed by atoms with Crippen LogP contribution in [0.15, 0.2) is 18.2 Å². The average Bonchev–Trinajstić information content (AvgIpc) is 2.56. The van der Waals surface area contributed by atoms with Crippen LogP contribution in [0.2, 0.25) is 0 Å². The SMILES string of the molecule is OC1CCN(c2cc(CNC3CCCCC3)ccc2F)CC1. The zero-order chi connectivity index (χ0) is 15.4. The van der Waals surface area contributed by atoms with E-state index in [1.807, 2.05) is 12.1 Å². The molecule has 3 rings (SSSR count). The molecule has 0 atom stereocenters. The number of aliphatic hydroxyl groups is 1. The number of nitrogens with one attached hydrogen (secondary N) is 1. The average molecular weight is 306 g/mol. The summed E-state index contributed by atoms with van der Waals surface area (Å²) in [7, 11) is 0. The Balaban J connectivity index is 1.61. The summed E-state index contributed by atoms with van der Waals surface area (Å²) in [6.45, 7) is 2.28. The first-order chi connectivity index (χ1) is 10.7. The van der Waals surface area contributed by atoms with Gasteiger partial charge in [-0.15, -0.1) is 0 Å². The van der Waals surface area contributed by atoms with Gasteiger partial charge in [-0.1, -0.05) is 25.3 Å². The number of hydrogen-bond donors (Lipinski definition) is 2. The molecule has 1 aromatic carbocycles. The van der Waals surface area contributed by atoms with Crippen LogP contribution in [-0.2, 0) is 6.54 Å². The minimum Gasteiger partial charge on any atom is -0.393 e. The zero-order valence-electron chi connectivity index (χ0n) is 13.2. The number of nitrogens with zero attached hydrogens (tertiary/aromatic N) is 1. The van der Waals surface area contributed by atoms with Crippen LogP contribution in [0.4, 0.5) is 10.1 Å². The molecule has 1 aliphatic heterocycles. The summed E-state index contributed by atoms with van der Waals surface area (Å²) in [4.78, 5) is 2.06. The smallest absolute Gasteiger partial charge is 0.146 e. The molecule has 1 saturated heterocycles. The molecule has 3 nitrogen and oxygen atoms in total.